The van der Waals surface area contributed by atoms with Crippen molar-refractivity contribution < 1.29 is 18.8 Å². The molecule has 4 rings (SSSR count). The summed E-state index contributed by atoms with van der Waals surface area (Å²) in [6.45, 7) is 3.91. The number of likely N-dealkylation sites (tertiary alicyclic amines) is 1. The number of benzene rings is 1. The van der Waals surface area contributed by atoms with Crippen molar-refractivity contribution in [3.63, 3.8) is 0 Å². The Morgan fingerprint density at radius 1 is 1.38 bits per heavy atom. The molecule has 1 aliphatic rings. The number of carbonyl (C=O) groups excluding carboxylic acids is 2. The van der Waals surface area contributed by atoms with Gasteiger partial charge in [-0.15, -0.1) is 0 Å². The van der Waals surface area contributed by atoms with E-state index in [1.165, 1.54) is 0 Å². The second kappa shape index (κ2) is 8.30. The quantitative estimate of drug-likeness (QED) is 0.661. The molecule has 0 spiro atoms. The highest BCUT2D eigenvalue weighted by atomic mass is 16.5. The molecule has 8 heteroatoms. The van der Waals surface area contributed by atoms with E-state index in [1.54, 1.807) is 23.4 Å². The molecule has 0 saturated carbocycles. The summed E-state index contributed by atoms with van der Waals surface area (Å²) in [5, 5.41) is 8.59. The average Bonchev–Trinajstić information content (AvgIpc) is 3.36. The van der Waals surface area contributed by atoms with Crippen molar-refractivity contribution >= 4 is 22.6 Å². The molecule has 1 unspecified atom stereocenters. The Morgan fingerprint density at radius 3 is 3.10 bits per heavy atom. The van der Waals surface area contributed by atoms with Crippen LogP contribution in [0.3, 0.4) is 0 Å². The van der Waals surface area contributed by atoms with Gasteiger partial charge in [0.05, 0.1) is 0 Å². The Balaban J connectivity index is 1.32. The third-order valence-corrected chi connectivity index (χ3v) is 5.03. The molecule has 1 saturated heterocycles. The Morgan fingerprint density at radius 2 is 2.28 bits per heavy atom. The highest BCUT2D eigenvalue weighted by Gasteiger charge is 2.28. The molecule has 3 heterocycles. The van der Waals surface area contributed by atoms with Gasteiger partial charge in [0.2, 0.25) is 5.91 Å². The fourth-order valence-corrected chi connectivity index (χ4v) is 3.48. The summed E-state index contributed by atoms with van der Waals surface area (Å²) in [5.41, 5.74) is 0.197. The topological polar surface area (TPSA) is 97.6 Å². The van der Waals surface area contributed by atoms with Gasteiger partial charge in [0.25, 0.3) is 5.91 Å². The zero-order valence-electron chi connectivity index (χ0n) is 16.1. The molecule has 0 radical (unpaired) electrons. The van der Waals surface area contributed by atoms with Crippen LogP contribution in [0.2, 0.25) is 0 Å². The first-order chi connectivity index (χ1) is 14.1. The maximum atomic E-state index is 12.3. The zero-order chi connectivity index (χ0) is 20.2. The number of aromatic nitrogens is 2. The smallest absolute Gasteiger partial charge is 0.273 e. The minimum absolute atomic E-state index is 0.127. The molecule has 2 amide bonds. The first-order valence-electron chi connectivity index (χ1n) is 9.61. The third kappa shape index (κ3) is 4.21. The number of rotatable bonds is 7. The van der Waals surface area contributed by atoms with E-state index in [0.29, 0.717) is 37.6 Å². The number of nitrogens with one attached hydrogen (secondary N) is 1. The molecule has 0 bridgehead atoms. The fourth-order valence-electron chi connectivity index (χ4n) is 3.48. The molecule has 150 valence electrons. The van der Waals surface area contributed by atoms with E-state index < -0.39 is 0 Å². The van der Waals surface area contributed by atoms with Crippen molar-refractivity contribution in [2.75, 3.05) is 19.6 Å². The molecular formula is C21H22N4O4. The van der Waals surface area contributed by atoms with Gasteiger partial charge in [-0.05, 0) is 19.1 Å². The molecule has 2 aromatic heterocycles. The summed E-state index contributed by atoms with van der Waals surface area (Å²) < 4.78 is 11.1. The van der Waals surface area contributed by atoms with Crippen LogP contribution < -0.4 is 10.1 Å². The monoisotopic (exact) mass is 394 g/mol. The molecule has 0 aliphatic carbocycles. The number of carbonyl (C=O) groups is 2. The molecule has 1 N–H and O–H groups in total. The van der Waals surface area contributed by atoms with Crippen LogP contribution in [0.5, 0.6) is 5.75 Å². The van der Waals surface area contributed by atoms with Gasteiger partial charge in [0.1, 0.15) is 12.4 Å². The molecule has 1 aliphatic heterocycles. The molecular weight excluding hydrogens is 372 g/mol. The van der Waals surface area contributed by atoms with Crippen LogP contribution in [-0.2, 0) is 11.4 Å². The fraction of sp³-hybridized carbons (Fsp3) is 0.333. The van der Waals surface area contributed by atoms with Crippen molar-refractivity contribution in [1.82, 2.24) is 20.4 Å². The van der Waals surface area contributed by atoms with Gasteiger partial charge < -0.3 is 19.5 Å². The SMILES string of the molecule is CCN1CC(CNC(=O)c2cc(COc3cccc4cnccc34)on2)CC1=O. The molecule has 1 aromatic carbocycles. The van der Waals surface area contributed by atoms with Gasteiger partial charge in [-0.25, -0.2) is 0 Å². The first-order valence-corrected chi connectivity index (χ1v) is 9.61. The number of ether oxygens (including phenoxy) is 1. The largest absolute Gasteiger partial charge is 0.485 e. The van der Waals surface area contributed by atoms with Crippen LogP contribution in [0.15, 0.2) is 47.2 Å². The Bertz CT molecular complexity index is 1030. The number of hydrogen-bond acceptors (Lipinski definition) is 6. The van der Waals surface area contributed by atoms with E-state index in [-0.39, 0.29) is 30.0 Å². The lowest BCUT2D eigenvalue weighted by atomic mass is 10.1. The molecule has 1 atom stereocenters. The van der Waals surface area contributed by atoms with E-state index in [9.17, 15) is 9.59 Å². The Labute approximate surface area is 167 Å². The molecule has 1 fully saturated rings. The van der Waals surface area contributed by atoms with Gasteiger partial charge in [-0.1, -0.05) is 17.3 Å². The van der Waals surface area contributed by atoms with Gasteiger partial charge >= 0.3 is 0 Å². The van der Waals surface area contributed by atoms with Crippen molar-refractivity contribution in [3.05, 3.63) is 54.2 Å². The standard InChI is InChI=1S/C21H22N4O4/c1-2-25-12-14(8-20(25)26)10-23-21(27)18-9-16(29-24-18)13-28-19-5-3-4-15-11-22-7-6-17(15)19/h3-7,9,11,14H,2,8,10,12-13H2,1H3,(H,23,27). The predicted molar refractivity (Wildman–Crippen MR) is 105 cm³/mol. The van der Waals surface area contributed by atoms with Crippen LogP contribution in [0, 0.1) is 5.92 Å². The summed E-state index contributed by atoms with van der Waals surface area (Å²) >= 11 is 0. The highest BCUT2D eigenvalue weighted by molar-refractivity contribution is 5.92. The summed E-state index contributed by atoms with van der Waals surface area (Å²) in [5.74, 6) is 1.10. The third-order valence-electron chi connectivity index (χ3n) is 5.03. The van der Waals surface area contributed by atoms with Crippen molar-refractivity contribution in [2.45, 2.75) is 20.0 Å². The second-order valence-electron chi connectivity index (χ2n) is 7.03. The highest BCUT2D eigenvalue weighted by Crippen LogP contribution is 2.25. The summed E-state index contributed by atoms with van der Waals surface area (Å²) in [6, 6.07) is 9.18. The second-order valence-corrected chi connectivity index (χ2v) is 7.03. The lowest BCUT2D eigenvalue weighted by Gasteiger charge is -2.13. The molecule has 29 heavy (non-hydrogen) atoms. The lowest BCUT2D eigenvalue weighted by Crippen LogP contribution is -2.31. The molecule has 8 nitrogen and oxygen atoms in total. The maximum absolute atomic E-state index is 12.3. The minimum Gasteiger partial charge on any atom is -0.485 e. The van der Waals surface area contributed by atoms with Gasteiger partial charge in [-0.2, -0.15) is 0 Å². The predicted octanol–water partition coefficient (Wildman–Crippen LogP) is 2.40. The summed E-state index contributed by atoms with van der Waals surface area (Å²) in [4.78, 5) is 30.0. The van der Waals surface area contributed by atoms with Crippen molar-refractivity contribution in [2.24, 2.45) is 5.92 Å². The van der Waals surface area contributed by atoms with E-state index >= 15 is 0 Å². The van der Waals surface area contributed by atoms with Gasteiger partial charge in [0.15, 0.2) is 11.5 Å². The average molecular weight is 394 g/mol. The van der Waals surface area contributed by atoms with Gasteiger partial charge in [0, 0.05) is 61.2 Å². The van der Waals surface area contributed by atoms with Gasteiger partial charge in [-0.3, -0.25) is 14.6 Å². The minimum atomic E-state index is -0.321. The number of fused-ring (bicyclic) bond motifs is 1. The van der Waals surface area contributed by atoms with E-state index in [1.807, 2.05) is 31.2 Å². The summed E-state index contributed by atoms with van der Waals surface area (Å²) in [6.07, 6.45) is 3.95. The van der Waals surface area contributed by atoms with Crippen LogP contribution in [0.25, 0.3) is 10.8 Å². The number of nitrogens with zero attached hydrogens (tertiary/aromatic N) is 3. The number of amides is 2. The zero-order valence-corrected chi connectivity index (χ0v) is 16.1. The van der Waals surface area contributed by atoms with Crippen molar-refractivity contribution in [3.8, 4) is 5.75 Å². The van der Waals surface area contributed by atoms with E-state index in [0.717, 1.165) is 10.8 Å². The van der Waals surface area contributed by atoms with Crippen LogP contribution in [-0.4, -0.2) is 46.5 Å². The molecule has 3 aromatic rings. The van der Waals surface area contributed by atoms with Crippen LogP contribution in [0.1, 0.15) is 29.6 Å². The maximum Gasteiger partial charge on any atom is 0.273 e. The normalized spacial score (nSPS) is 16.4. The Hall–Kier alpha value is -3.42. The van der Waals surface area contributed by atoms with Crippen LogP contribution >= 0.6 is 0 Å². The van der Waals surface area contributed by atoms with Crippen molar-refractivity contribution in [1.29, 1.82) is 0 Å². The van der Waals surface area contributed by atoms with Crippen LogP contribution in [0.4, 0.5) is 0 Å². The van der Waals surface area contributed by atoms with E-state index in [2.05, 4.69) is 15.5 Å². The van der Waals surface area contributed by atoms with E-state index in [4.69, 9.17) is 9.26 Å². The summed E-state index contributed by atoms with van der Waals surface area (Å²) in [7, 11) is 0. The number of hydrogen-bond donors (Lipinski definition) is 1. The number of pyridine rings is 1. The first kappa shape index (κ1) is 18.9. The Kier molecular flexibility index (Phi) is 5.41. The lowest BCUT2D eigenvalue weighted by molar-refractivity contribution is -0.127.